The van der Waals surface area contributed by atoms with Crippen LogP contribution in [0.1, 0.15) is 16.1 Å². The third-order valence-corrected chi connectivity index (χ3v) is 3.75. The molecule has 2 rings (SSSR count). The first kappa shape index (κ1) is 11.9. The van der Waals surface area contributed by atoms with Gasteiger partial charge in [-0.25, -0.2) is 14.5 Å². The quantitative estimate of drug-likeness (QED) is 0.499. The molecule has 0 fully saturated rings. The molecule has 0 aliphatic heterocycles. The van der Waals surface area contributed by atoms with E-state index in [1.807, 2.05) is 0 Å². The van der Waals surface area contributed by atoms with Gasteiger partial charge in [0, 0.05) is 0 Å². The third-order valence-electron chi connectivity index (χ3n) is 2.21. The van der Waals surface area contributed by atoms with Crippen LogP contribution in [-0.2, 0) is 7.05 Å². The monoisotopic (exact) mass is 271 g/mol. The largest absolute Gasteiger partial charge is 0.389 e. The summed E-state index contributed by atoms with van der Waals surface area (Å²) in [6.45, 7) is 0. The second-order valence-corrected chi connectivity index (χ2v) is 4.90. The van der Waals surface area contributed by atoms with Gasteiger partial charge in [0.15, 0.2) is 0 Å². The summed E-state index contributed by atoms with van der Waals surface area (Å²) >= 11 is 5.64. The average molecular weight is 271 g/mol. The van der Waals surface area contributed by atoms with Gasteiger partial charge in [-0.2, -0.15) is 12.6 Å². The van der Waals surface area contributed by atoms with Gasteiger partial charge in [-0.1, -0.05) is 0 Å². The van der Waals surface area contributed by atoms with Gasteiger partial charge in [0.25, 0.3) is 0 Å². The fraction of sp³-hybridized carbons (Fsp3) is 0.250. The first-order chi connectivity index (χ1) is 8.00. The number of nitrogens with two attached hydrogens (primary N) is 1. The van der Waals surface area contributed by atoms with E-state index >= 15 is 0 Å². The minimum atomic E-state index is -0.493. The zero-order chi connectivity index (χ0) is 12.6. The van der Waals surface area contributed by atoms with Crippen molar-refractivity contribution >= 4 is 34.8 Å². The Morgan fingerprint density at radius 3 is 2.76 bits per heavy atom. The van der Waals surface area contributed by atoms with Crippen LogP contribution in [0.5, 0.6) is 0 Å². The van der Waals surface area contributed by atoms with E-state index < -0.39 is 10.2 Å². The lowest BCUT2D eigenvalue weighted by Gasteiger charge is -2.03. The van der Waals surface area contributed by atoms with E-state index in [2.05, 4.69) is 22.6 Å². The molecule has 2 aromatic heterocycles. The van der Waals surface area contributed by atoms with Gasteiger partial charge >= 0.3 is 5.82 Å². The summed E-state index contributed by atoms with van der Waals surface area (Å²) in [5.41, 5.74) is 5.57. The first-order valence-corrected chi connectivity index (χ1v) is 5.89. The predicted molar refractivity (Wildman–Crippen MR) is 67.2 cm³/mol. The van der Waals surface area contributed by atoms with E-state index in [9.17, 15) is 10.1 Å². The molecule has 90 valence electrons. The van der Waals surface area contributed by atoms with Crippen molar-refractivity contribution in [3.8, 4) is 0 Å². The summed E-state index contributed by atoms with van der Waals surface area (Å²) in [6, 6.07) is 0. The molecule has 2 heterocycles. The number of hydrogen-bond donors (Lipinski definition) is 2. The van der Waals surface area contributed by atoms with E-state index in [1.54, 1.807) is 7.05 Å². The lowest BCUT2D eigenvalue weighted by Crippen LogP contribution is -2.05. The lowest BCUT2D eigenvalue weighted by molar-refractivity contribution is -0.391. The maximum Gasteiger partial charge on any atom is 0.342 e. The van der Waals surface area contributed by atoms with Crippen molar-refractivity contribution < 1.29 is 4.92 Å². The molecule has 0 radical (unpaired) electrons. The Morgan fingerprint density at radius 1 is 1.59 bits per heavy atom. The van der Waals surface area contributed by atoms with Crippen LogP contribution in [0.15, 0.2) is 12.4 Å². The van der Waals surface area contributed by atoms with Gasteiger partial charge in [-0.3, -0.25) is 0 Å². The summed E-state index contributed by atoms with van der Waals surface area (Å²) in [4.78, 5) is 18.3. The molecule has 1 unspecified atom stereocenters. The number of thiol groups is 1. The van der Waals surface area contributed by atoms with Crippen molar-refractivity contribution in [3.05, 3.63) is 33.3 Å². The molecular formula is C8H9N5O2S2. The zero-order valence-corrected chi connectivity index (χ0v) is 10.5. The van der Waals surface area contributed by atoms with Gasteiger partial charge in [-0.15, -0.1) is 11.3 Å². The van der Waals surface area contributed by atoms with Crippen molar-refractivity contribution in [2.75, 3.05) is 5.73 Å². The van der Waals surface area contributed by atoms with Gasteiger partial charge in [0.1, 0.15) is 21.5 Å². The topological polar surface area (TPSA) is 99.9 Å². The highest BCUT2D eigenvalue weighted by Crippen LogP contribution is 2.32. The van der Waals surface area contributed by atoms with Crippen molar-refractivity contribution in [2.45, 2.75) is 5.25 Å². The Balaban J connectivity index is 2.38. The van der Waals surface area contributed by atoms with Crippen LogP contribution in [-0.4, -0.2) is 19.5 Å². The average Bonchev–Trinajstić information content (AvgIpc) is 2.83. The molecule has 0 saturated heterocycles. The van der Waals surface area contributed by atoms with Crippen LogP contribution in [0.3, 0.4) is 0 Å². The summed E-state index contributed by atoms with van der Waals surface area (Å²) in [7, 11) is 1.57. The second-order valence-electron chi connectivity index (χ2n) is 3.29. The van der Waals surface area contributed by atoms with Gasteiger partial charge < -0.3 is 15.8 Å². The minimum absolute atomic E-state index is 0.0800. The van der Waals surface area contributed by atoms with Crippen molar-refractivity contribution in [3.63, 3.8) is 0 Å². The molecule has 0 spiro atoms. The highest BCUT2D eigenvalue weighted by molar-refractivity contribution is 7.80. The van der Waals surface area contributed by atoms with Gasteiger partial charge in [-0.05, 0) is 4.92 Å². The zero-order valence-electron chi connectivity index (χ0n) is 8.77. The fourth-order valence-corrected chi connectivity index (χ4v) is 2.51. The molecule has 0 aliphatic rings. The fourth-order valence-electron chi connectivity index (χ4n) is 1.38. The van der Waals surface area contributed by atoms with E-state index in [0.717, 1.165) is 0 Å². The van der Waals surface area contributed by atoms with Gasteiger partial charge in [0.05, 0.1) is 13.2 Å². The molecule has 1 atom stereocenters. The SMILES string of the molecule is Cn1c([N+](=O)[O-])cnc1C(S)c1ncc(N)s1. The molecule has 2 aromatic rings. The van der Waals surface area contributed by atoms with Crippen LogP contribution in [0.2, 0.25) is 0 Å². The summed E-state index contributed by atoms with van der Waals surface area (Å²) in [5, 5.41) is 11.5. The van der Waals surface area contributed by atoms with Crippen molar-refractivity contribution in [2.24, 2.45) is 7.05 Å². The number of imidazole rings is 1. The molecule has 0 aromatic carbocycles. The Morgan fingerprint density at radius 2 is 2.29 bits per heavy atom. The summed E-state index contributed by atoms with van der Waals surface area (Å²) in [6.07, 6.45) is 2.73. The highest BCUT2D eigenvalue weighted by Gasteiger charge is 2.25. The number of nitrogen functional groups attached to an aromatic ring is 1. The van der Waals surface area contributed by atoms with E-state index in [1.165, 1.54) is 28.3 Å². The number of nitro groups is 1. The molecule has 0 saturated carbocycles. The Hall–Kier alpha value is -1.61. The van der Waals surface area contributed by atoms with E-state index in [-0.39, 0.29) is 5.82 Å². The summed E-state index contributed by atoms with van der Waals surface area (Å²) in [5.74, 6) is 0.387. The second kappa shape index (κ2) is 4.34. The molecule has 0 bridgehead atoms. The van der Waals surface area contributed by atoms with Crippen LogP contribution < -0.4 is 5.73 Å². The minimum Gasteiger partial charge on any atom is -0.389 e. The van der Waals surface area contributed by atoms with Crippen LogP contribution in [0.25, 0.3) is 0 Å². The first-order valence-electron chi connectivity index (χ1n) is 4.56. The number of rotatable bonds is 3. The number of nitrogens with zero attached hydrogens (tertiary/aromatic N) is 4. The maximum atomic E-state index is 10.7. The molecule has 7 nitrogen and oxygen atoms in total. The molecular weight excluding hydrogens is 262 g/mol. The molecule has 0 amide bonds. The summed E-state index contributed by atoms with van der Waals surface area (Å²) < 4.78 is 1.38. The predicted octanol–water partition coefficient (Wildman–Crippen LogP) is 1.39. The Bertz CT molecular complexity index is 564. The van der Waals surface area contributed by atoms with Gasteiger partial charge in [0.2, 0.25) is 5.82 Å². The van der Waals surface area contributed by atoms with Crippen LogP contribution in [0.4, 0.5) is 10.8 Å². The number of anilines is 1. The molecule has 17 heavy (non-hydrogen) atoms. The third kappa shape index (κ3) is 2.11. The molecule has 2 N–H and O–H groups in total. The van der Waals surface area contributed by atoms with Crippen LogP contribution in [0, 0.1) is 10.1 Å². The van der Waals surface area contributed by atoms with E-state index in [4.69, 9.17) is 5.73 Å². The smallest absolute Gasteiger partial charge is 0.342 e. The number of thiazole rings is 1. The molecule has 0 aliphatic carbocycles. The van der Waals surface area contributed by atoms with Crippen LogP contribution >= 0.6 is 24.0 Å². The maximum absolute atomic E-state index is 10.7. The van der Waals surface area contributed by atoms with Crippen molar-refractivity contribution in [1.29, 1.82) is 0 Å². The highest BCUT2D eigenvalue weighted by atomic mass is 32.1. The Kier molecular flexibility index (Phi) is 3.03. The number of hydrogen-bond acceptors (Lipinski definition) is 7. The Labute approximate surface area is 106 Å². The lowest BCUT2D eigenvalue weighted by atomic mass is 10.4. The molecule has 9 heteroatoms. The van der Waals surface area contributed by atoms with E-state index in [0.29, 0.717) is 15.8 Å². The normalized spacial score (nSPS) is 12.6. The van der Waals surface area contributed by atoms with Crippen molar-refractivity contribution in [1.82, 2.24) is 14.5 Å². The number of aromatic nitrogens is 3. The standard InChI is InChI=1S/C8H9N5O2S2/c1-12-5(13(14)15)3-10-7(12)6(16)8-11-2-4(9)17-8/h2-3,6,16H,9H2,1H3.